The normalized spacial score (nSPS) is 15.0. The summed E-state index contributed by atoms with van der Waals surface area (Å²) in [6.45, 7) is 5.28. The van der Waals surface area contributed by atoms with Crippen LogP contribution in [0.2, 0.25) is 0 Å². The second kappa shape index (κ2) is 6.44. The third-order valence-electron chi connectivity index (χ3n) is 4.06. The van der Waals surface area contributed by atoms with Crippen LogP contribution in [-0.4, -0.2) is 36.1 Å². The minimum atomic E-state index is -0.155. The highest BCUT2D eigenvalue weighted by Crippen LogP contribution is 2.21. The van der Waals surface area contributed by atoms with Crippen molar-refractivity contribution in [1.82, 2.24) is 4.90 Å². The molecule has 1 saturated heterocycles. The van der Waals surface area contributed by atoms with E-state index < -0.39 is 0 Å². The fourth-order valence-electron chi connectivity index (χ4n) is 2.74. The second-order valence-electron chi connectivity index (χ2n) is 5.60. The fourth-order valence-corrected chi connectivity index (χ4v) is 3.06. The highest BCUT2D eigenvalue weighted by molar-refractivity contribution is 7.80. The first-order valence-electron chi connectivity index (χ1n) is 7.50. The zero-order chi connectivity index (χ0) is 15.5. The third kappa shape index (κ3) is 3.12. The van der Waals surface area contributed by atoms with Gasteiger partial charge in [0.05, 0.1) is 5.69 Å². The number of hydrogen-bond acceptors (Lipinski definition) is 2. The Bertz CT molecular complexity index is 661. The van der Waals surface area contributed by atoms with Gasteiger partial charge in [-0.15, -0.1) is 0 Å². The number of rotatable bonds is 2. The number of para-hydroxylation sites is 1. The third-order valence-corrected chi connectivity index (χ3v) is 4.55. The van der Waals surface area contributed by atoms with Gasteiger partial charge in [0.25, 0.3) is 0 Å². The molecular weight excluding hydrogens is 295 g/mol. The van der Waals surface area contributed by atoms with Crippen LogP contribution in [-0.2, 0) is 0 Å². The molecule has 3 rings (SSSR count). The Labute approximate surface area is 136 Å². The van der Waals surface area contributed by atoms with Gasteiger partial charge in [0.15, 0.2) is 0 Å². The molecule has 0 saturated carbocycles. The summed E-state index contributed by atoms with van der Waals surface area (Å²) < 4.78 is 13.9. The number of hydrogen-bond donors (Lipinski definition) is 0. The van der Waals surface area contributed by atoms with Crippen LogP contribution in [0.3, 0.4) is 0 Å². The Balaban J connectivity index is 1.65. The molecule has 0 atom stereocenters. The molecule has 0 radical (unpaired) electrons. The van der Waals surface area contributed by atoms with E-state index in [-0.39, 0.29) is 5.82 Å². The van der Waals surface area contributed by atoms with E-state index in [4.69, 9.17) is 12.2 Å². The zero-order valence-corrected chi connectivity index (χ0v) is 13.4. The molecule has 0 unspecified atom stereocenters. The average Bonchev–Trinajstić information content (AvgIpc) is 2.56. The Kier molecular flexibility index (Phi) is 4.39. The van der Waals surface area contributed by atoms with E-state index in [2.05, 4.69) is 41.0 Å². The molecule has 1 heterocycles. The maximum atomic E-state index is 13.9. The first-order valence-corrected chi connectivity index (χ1v) is 7.91. The number of thiocarbonyl (C=S) groups is 1. The standard InChI is InChI=1S/C18H19FN2S/c1-14-6-8-15(9-7-14)18(22)21-12-10-20(11-13-21)17-5-3-2-4-16(17)19/h2-9H,10-13H2,1H3. The molecule has 114 valence electrons. The quantitative estimate of drug-likeness (QED) is 0.782. The summed E-state index contributed by atoms with van der Waals surface area (Å²) in [6, 6.07) is 15.3. The zero-order valence-electron chi connectivity index (χ0n) is 12.6. The van der Waals surface area contributed by atoms with Crippen molar-refractivity contribution in [2.75, 3.05) is 31.1 Å². The second-order valence-corrected chi connectivity index (χ2v) is 5.98. The Morgan fingerprint density at radius 3 is 2.23 bits per heavy atom. The number of piperazine rings is 1. The van der Waals surface area contributed by atoms with Crippen molar-refractivity contribution in [2.45, 2.75) is 6.92 Å². The van der Waals surface area contributed by atoms with Gasteiger partial charge < -0.3 is 9.80 Å². The molecule has 4 heteroatoms. The summed E-state index contributed by atoms with van der Waals surface area (Å²) in [5.74, 6) is -0.155. The fraction of sp³-hybridized carbons (Fsp3) is 0.278. The average molecular weight is 314 g/mol. The molecule has 0 aliphatic carbocycles. The van der Waals surface area contributed by atoms with Gasteiger partial charge >= 0.3 is 0 Å². The molecule has 2 aromatic rings. The van der Waals surface area contributed by atoms with E-state index in [1.165, 1.54) is 11.6 Å². The minimum absolute atomic E-state index is 0.155. The molecule has 0 spiro atoms. The topological polar surface area (TPSA) is 6.48 Å². The van der Waals surface area contributed by atoms with Gasteiger partial charge in [-0.3, -0.25) is 0 Å². The van der Waals surface area contributed by atoms with E-state index in [0.717, 1.165) is 36.7 Å². The highest BCUT2D eigenvalue weighted by Gasteiger charge is 2.21. The predicted molar refractivity (Wildman–Crippen MR) is 93.1 cm³/mol. The Morgan fingerprint density at radius 1 is 0.955 bits per heavy atom. The smallest absolute Gasteiger partial charge is 0.146 e. The van der Waals surface area contributed by atoms with Gasteiger partial charge in [-0.25, -0.2) is 4.39 Å². The molecule has 0 amide bonds. The molecular formula is C18H19FN2S. The Morgan fingerprint density at radius 2 is 1.59 bits per heavy atom. The van der Waals surface area contributed by atoms with Crippen LogP contribution in [0.25, 0.3) is 0 Å². The number of halogens is 1. The highest BCUT2D eigenvalue weighted by atomic mass is 32.1. The maximum absolute atomic E-state index is 13.9. The monoisotopic (exact) mass is 314 g/mol. The molecule has 0 N–H and O–H groups in total. The summed E-state index contributed by atoms with van der Waals surface area (Å²) in [5, 5.41) is 0. The molecule has 0 bridgehead atoms. The number of aryl methyl sites for hydroxylation is 1. The summed E-state index contributed by atoms with van der Waals surface area (Å²) in [7, 11) is 0. The van der Waals surface area contributed by atoms with Gasteiger partial charge in [0.1, 0.15) is 10.8 Å². The van der Waals surface area contributed by atoms with Crippen molar-refractivity contribution >= 4 is 22.9 Å². The summed E-state index contributed by atoms with van der Waals surface area (Å²) in [5.41, 5.74) is 3.00. The molecule has 1 aliphatic rings. The van der Waals surface area contributed by atoms with Crippen LogP contribution < -0.4 is 4.90 Å². The molecule has 22 heavy (non-hydrogen) atoms. The van der Waals surface area contributed by atoms with E-state index >= 15 is 0 Å². The molecule has 0 aromatic heterocycles. The molecule has 2 aromatic carbocycles. The first kappa shape index (κ1) is 15.0. The van der Waals surface area contributed by atoms with Gasteiger partial charge in [-0.2, -0.15) is 0 Å². The summed E-state index contributed by atoms with van der Waals surface area (Å²) in [4.78, 5) is 5.18. The van der Waals surface area contributed by atoms with E-state index in [1.807, 2.05) is 12.1 Å². The lowest BCUT2D eigenvalue weighted by atomic mass is 10.1. The first-order chi connectivity index (χ1) is 10.6. The van der Waals surface area contributed by atoms with Crippen molar-refractivity contribution in [1.29, 1.82) is 0 Å². The molecule has 2 nitrogen and oxygen atoms in total. The van der Waals surface area contributed by atoms with Gasteiger partial charge in [-0.05, 0) is 19.1 Å². The minimum Gasteiger partial charge on any atom is -0.366 e. The van der Waals surface area contributed by atoms with Crippen molar-refractivity contribution in [3.63, 3.8) is 0 Å². The number of nitrogens with zero attached hydrogens (tertiary/aromatic N) is 2. The van der Waals surface area contributed by atoms with Crippen LogP contribution in [0.1, 0.15) is 11.1 Å². The van der Waals surface area contributed by atoms with Crippen LogP contribution in [0.5, 0.6) is 0 Å². The molecule has 1 fully saturated rings. The lowest BCUT2D eigenvalue weighted by Gasteiger charge is -2.37. The van der Waals surface area contributed by atoms with E-state index in [0.29, 0.717) is 5.69 Å². The van der Waals surface area contributed by atoms with Gasteiger partial charge in [0, 0.05) is 31.7 Å². The van der Waals surface area contributed by atoms with Crippen molar-refractivity contribution in [3.8, 4) is 0 Å². The predicted octanol–water partition coefficient (Wildman–Crippen LogP) is 3.63. The lowest BCUT2D eigenvalue weighted by Crippen LogP contribution is -2.48. The summed E-state index contributed by atoms with van der Waals surface area (Å²) in [6.07, 6.45) is 0. The van der Waals surface area contributed by atoms with Crippen LogP contribution >= 0.6 is 12.2 Å². The van der Waals surface area contributed by atoms with Crippen molar-refractivity contribution in [2.24, 2.45) is 0 Å². The van der Waals surface area contributed by atoms with Crippen LogP contribution in [0.15, 0.2) is 48.5 Å². The van der Waals surface area contributed by atoms with Crippen molar-refractivity contribution < 1.29 is 4.39 Å². The van der Waals surface area contributed by atoms with E-state index in [9.17, 15) is 4.39 Å². The lowest BCUT2D eigenvalue weighted by molar-refractivity contribution is 0.390. The SMILES string of the molecule is Cc1ccc(C(=S)N2CCN(c3ccccc3F)CC2)cc1. The van der Waals surface area contributed by atoms with Gasteiger partial charge in [-0.1, -0.05) is 54.2 Å². The van der Waals surface area contributed by atoms with Crippen LogP contribution in [0, 0.1) is 12.7 Å². The largest absolute Gasteiger partial charge is 0.366 e. The van der Waals surface area contributed by atoms with E-state index in [1.54, 1.807) is 6.07 Å². The Hall–Kier alpha value is -1.94. The van der Waals surface area contributed by atoms with Crippen molar-refractivity contribution in [3.05, 3.63) is 65.5 Å². The number of anilines is 1. The van der Waals surface area contributed by atoms with Crippen LogP contribution in [0.4, 0.5) is 10.1 Å². The maximum Gasteiger partial charge on any atom is 0.146 e. The summed E-state index contributed by atoms with van der Waals surface area (Å²) >= 11 is 5.60. The molecule has 1 aliphatic heterocycles. The number of benzene rings is 2. The van der Waals surface area contributed by atoms with Gasteiger partial charge in [0.2, 0.25) is 0 Å².